The Bertz CT molecular complexity index is 393. The first-order valence-electron chi connectivity index (χ1n) is 9.01. The van der Waals surface area contributed by atoms with Gasteiger partial charge in [-0.05, 0) is 50.4 Å². The van der Waals surface area contributed by atoms with E-state index in [1.165, 1.54) is 0 Å². The van der Waals surface area contributed by atoms with Crippen LogP contribution in [0.4, 0.5) is 0 Å². The van der Waals surface area contributed by atoms with Crippen molar-refractivity contribution in [1.82, 2.24) is 0 Å². The Balaban J connectivity index is 2.00. The monoisotopic (exact) mass is 310 g/mol. The van der Waals surface area contributed by atoms with Gasteiger partial charge in [-0.2, -0.15) is 0 Å². The highest BCUT2D eigenvalue weighted by molar-refractivity contribution is 5.74. The van der Waals surface area contributed by atoms with Crippen molar-refractivity contribution in [2.24, 2.45) is 23.7 Å². The molecule has 0 amide bonds. The maximum absolute atomic E-state index is 12.6. The van der Waals surface area contributed by atoms with Crippen LogP contribution in [0.1, 0.15) is 71.6 Å². The van der Waals surface area contributed by atoms with Crippen molar-refractivity contribution in [3.63, 3.8) is 0 Å². The minimum absolute atomic E-state index is 0.0256. The highest BCUT2D eigenvalue weighted by atomic mass is 16.5. The Morgan fingerprint density at radius 1 is 1.05 bits per heavy atom. The van der Waals surface area contributed by atoms with E-state index in [0.29, 0.717) is 0 Å². The van der Waals surface area contributed by atoms with Crippen molar-refractivity contribution in [2.75, 3.05) is 0 Å². The molecule has 0 aromatic carbocycles. The number of carboxylic acid groups (broad SMARTS) is 1. The zero-order valence-electron chi connectivity index (χ0n) is 13.9. The van der Waals surface area contributed by atoms with E-state index in [4.69, 9.17) is 4.74 Å². The maximum Gasteiger partial charge on any atom is 0.309 e. The van der Waals surface area contributed by atoms with Crippen LogP contribution < -0.4 is 0 Å². The molecule has 0 radical (unpaired) electrons. The molecule has 0 saturated heterocycles. The van der Waals surface area contributed by atoms with Crippen LogP contribution in [0.5, 0.6) is 0 Å². The quantitative estimate of drug-likeness (QED) is 0.721. The summed E-state index contributed by atoms with van der Waals surface area (Å²) in [6.45, 7) is 4.15. The molecule has 2 rings (SSSR count). The van der Waals surface area contributed by atoms with E-state index >= 15 is 0 Å². The molecule has 5 unspecified atom stereocenters. The fourth-order valence-corrected chi connectivity index (χ4v) is 4.52. The number of rotatable bonds is 7. The number of esters is 1. The van der Waals surface area contributed by atoms with E-state index in [9.17, 15) is 14.7 Å². The molecule has 0 aromatic rings. The van der Waals surface area contributed by atoms with Gasteiger partial charge in [-0.1, -0.05) is 33.1 Å². The molecule has 2 aliphatic carbocycles. The zero-order chi connectivity index (χ0) is 16.1. The van der Waals surface area contributed by atoms with Gasteiger partial charge in [0.25, 0.3) is 0 Å². The standard InChI is InChI=1S/C18H30O4/c1-3-7-12(4-2)22-18(21)16-11-6-9-14(16)13-8-5-10-15(13)17(19)20/h12-16H,3-11H2,1-2H3,(H,19,20). The van der Waals surface area contributed by atoms with Crippen LogP contribution in [-0.2, 0) is 14.3 Å². The highest BCUT2D eigenvalue weighted by Gasteiger charge is 2.45. The van der Waals surface area contributed by atoms with Crippen molar-refractivity contribution in [1.29, 1.82) is 0 Å². The van der Waals surface area contributed by atoms with E-state index in [0.717, 1.165) is 57.8 Å². The number of ether oxygens (including phenoxy) is 1. The maximum atomic E-state index is 12.6. The van der Waals surface area contributed by atoms with Crippen LogP contribution in [0.2, 0.25) is 0 Å². The van der Waals surface area contributed by atoms with Gasteiger partial charge in [-0.3, -0.25) is 9.59 Å². The van der Waals surface area contributed by atoms with Gasteiger partial charge in [-0.15, -0.1) is 0 Å². The molecule has 0 aromatic heterocycles. The van der Waals surface area contributed by atoms with Crippen LogP contribution in [0, 0.1) is 23.7 Å². The van der Waals surface area contributed by atoms with Gasteiger partial charge in [-0.25, -0.2) is 0 Å². The number of carbonyl (C=O) groups is 2. The summed E-state index contributed by atoms with van der Waals surface area (Å²) in [5, 5.41) is 9.41. The van der Waals surface area contributed by atoms with Gasteiger partial charge in [0, 0.05) is 0 Å². The lowest BCUT2D eigenvalue weighted by Gasteiger charge is -2.28. The minimum Gasteiger partial charge on any atom is -0.481 e. The molecule has 5 atom stereocenters. The number of hydrogen-bond donors (Lipinski definition) is 1. The largest absolute Gasteiger partial charge is 0.481 e. The summed E-state index contributed by atoms with van der Waals surface area (Å²) in [6, 6.07) is 0. The Kier molecular flexibility index (Phi) is 6.27. The smallest absolute Gasteiger partial charge is 0.309 e. The SMILES string of the molecule is CCCC(CC)OC(=O)C1CCCC1C1CCCC1C(=O)O. The fraction of sp³-hybridized carbons (Fsp3) is 0.889. The minimum atomic E-state index is -0.682. The summed E-state index contributed by atoms with van der Waals surface area (Å²) in [5.41, 5.74) is 0. The van der Waals surface area contributed by atoms with Gasteiger partial charge in [0.05, 0.1) is 11.8 Å². The summed E-state index contributed by atoms with van der Waals surface area (Å²) in [7, 11) is 0. The lowest BCUT2D eigenvalue weighted by Crippen LogP contribution is -2.33. The molecule has 2 fully saturated rings. The van der Waals surface area contributed by atoms with E-state index in [2.05, 4.69) is 13.8 Å². The lowest BCUT2D eigenvalue weighted by molar-refractivity contribution is -0.158. The van der Waals surface area contributed by atoms with Crippen molar-refractivity contribution >= 4 is 11.9 Å². The van der Waals surface area contributed by atoms with Crippen LogP contribution in [0.15, 0.2) is 0 Å². The summed E-state index contributed by atoms with van der Waals surface area (Å²) >= 11 is 0. The van der Waals surface area contributed by atoms with Crippen LogP contribution >= 0.6 is 0 Å². The van der Waals surface area contributed by atoms with E-state index in [1.54, 1.807) is 0 Å². The van der Waals surface area contributed by atoms with Crippen LogP contribution in [0.25, 0.3) is 0 Å². The topological polar surface area (TPSA) is 63.6 Å². The predicted octanol–water partition coefficient (Wildman–Crippen LogP) is 4.03. The van der Waals surface area contributed by atoms with Gasteiger partial charge in [0.2, 0.25) is 0 Å². The molecule has 0 bridgehead atoms. The van der Waals surface area contributed by atoms with Crippen molar-refractivity contribution < 1.29 is 19.4 Å². The zero-order valence-corrected chi connectivity index (χ0v) is 13.9. The normalized spacial score (nSPS) is 32.8. The fourth-order valence-electron chi connectivity index (χ4n) is 4.52. The Morgan fingerprint density at radius 2 is 1.64 bits per heavy atom. The molecule has 2 saturated carbocycles. The molecule has 0 heterocycles. The second kappa shape index (κ2) is 7.98. The third-order valence-corrected chi connectivity index (χ3v) is 5.66. The number of hydrogen-bond acceptors (Lipinski definition) is 3. The number of carbonyl (C=O) groups excluding carboxylic acids is 1. The highest BCUT2D eigenvalue weighted by Crippen LogP contribution is 2.47. The van der Waals surface area contributed by atoms with Crippen molar-refractivity contribution in [2.45, 2.75) is 77.7 Å². The first-order valence-corrected chi connectivity index (χ1v) is 9.01. The van der Waals surface area contributed by atoms with Crippen LogP contribution in [0.3, 0.4) is 0 Å². The molecule has 0 spiro atoms. The molecule has 126 valence electrons. The molecule has 1 N–H and O–H groups in total. The van der Waals surface area contributed by atoms with Crippen LogP contribution in [-0.4, -0.2) is 23.1 Å². The van der Waals surface area contributed by atoms with Gasteiger partial charge < -0.3 is 9.84 Å². The van der Waals surface area contributed by atoms with Gasteiger partial charge in [0.15, 0.2) is 0 Å². The Morgan fingerprint density at radius 3 is 2.18 bits per heavy atom. The third-order valence-electron chi connectivity index (χ3n) is 5.66. The summed E-state index contributed by atoms with van der Waals surface area (Å²) in [4.78, 5) is 24.0. The first kappa shape index (κ1) is 17.3. The van der Waals surface area contributed by atoms with E-state index < -0.39 is 5.97 Å². The molecular weight excluding hydrogens is 280 g/mol. The van der Waals surface area contributed by atoms with Gasteiger partial charge in [0.1, 0.15) is 6.10 Å². The van der Waals surface area contributed by atoms with E-state index in [1.807, 2.05) is 0 Å². The molecule has 4 heteroatoms. The second-order valence-corrected chi connectivity index (χ2v) is 7.00. The summed E-state index contributed by atoms with van der Waals surface area (Å²) in [6.07, 6.45) is 8.41. The lowest BCUT2D eigenvalue weighted by atomic mass is 9.78. The third kappa shape index (κ3) is 3.82. The molecule has 0 aliphatic heterocycles. The van der Waals surface area contributed by atoms with Gasteiger partial charge >= 0.3 is 11.9 Å². The predicted molar refractivity (Wildman–Crippen MR) is 84.4 cm³/mol. The summed E-state index contributed by atoms with van der Waals surface area (Å²) < 4.78 is 5.72. The Labute approximate surface area is 133 Å². The average molecular weight is 310 g/mol. The first-order chi connectivity index (χ1) is 10.6. The molecular formula is C18H30O4. The molecule has 22 heavy (non-hydrogen) atoms. The van der Waals surface area contributed by atoms with Crippen molar-refractivity contribution in [3.05, 3.63) is 0 Å². The summed E-state index contributed by atoms with van der Waals surface area (Å²) in [5.74, 6) is -0.691. The molecule has 2 aliphatic rings. The number of carboxylic acids is 1. The average Bonchev–Trinajstić information content (AvgIpc) is 3.14. The van der Waals surface area contributed by atoms with E-state index in [-0.39, 0.29) is 35.7 Å². The Hall–Kier alpha value is -1.06. The second-order valence-electron chi connectivity index (χ2n) is 7.00. The number of aliphatic carboxylic acids is 1. The molecule has 4 nitrogen and oxygen atoms in total. The van der Waals surface area contributed by atoms with Crippen molar-refractivity contribution in [3.8, 4) is 0 Å².